The normalized spacial score (nSPS) is 15.0. The number of sulfonamides is 1. The minimum absolute atomic E-state index is 0.0643. The van der Waals surface area contributed by atoms with Gasteiger partial charge in [-0.1, -0.05) is 6.07 Å². The fourth-order valence-corrected chi connectivity index (χ4v) is 5.57. The Bertz CT molecular complexity index is 972. The molecule has 0 spiro atoms. The van der Waals surface area contributed by atoms with E-state index in [9.17, 15) is 18.0 Å². The van der Waals surface area contributed by atoms with Gasteiger partial charge in [-0.25, -0.2) is 13.2 Å². The van der Waals surface area contributed by atoms with Crippen LogP contribution in [-0.2, 0) is 14.8 Å². The van der Waals surface area contributed by atoms with Crippen molar-refractivity contribution in [3.05, 3.63) is 51.2 Å². The summed E-state index contributed by atoms with van der Waals surface area (Å²) in [7, 11) is -3.61. The van der Waals surface area contributed by atoms with Crippen molar-refractivity contribution in [2.75, 3.05) is 19.7 Å². The van der Waals surface area contributed by atoms with Crippen LogP contribution in [0.25, 0.3) is 0 Å². The van der Waals surface area contributed by atoms with E-state index in [0.29, 0.717) is 18.7 Å². The van der Waals surface area contributed by atoms with Crippen LogP contribution in [0.1, 0.15) is 43.3 Å². The zero-order valence-electron chi connectivity index (χ0n) is 15.2. The molecule has 1 aliphatic rings. The fraction of sp³-hybridized carbons (Fsp3) is 0.368. The van der Waals surface area contributed by atoms with E-state index >= 15 is 0 Å². The molecule has 1 fully saturated rings. The van der Waals surface area contributed by atoms with E-state index in [-0.39, 0.29) is 22.8 Å². The Morgan fingerprint density at radius 1 is 1.15 bits per heavy atom. The summed E-state index contributed by atoms with van der Waals surface area (Å²) < 4.78 is 31.8. The van der Waals surface area contributed by atoms with E-state index < -0.39 is 16.0 Å². The van der Waals surface area contributed by atoms with Gasteiger partial charge in [0.05, 0.1) is 10.5 Å². The molecule has 0 saturated carbocycles. The van der Waals surface area contributed by atoms with Crippen LogP contribution >= 0.6 is 11.3 Å². The number of benzene rings is 1. The SMILES string of the molecule is Cc1cc(C(=O)COC(=O)c2cccc(S(=O)(=O)N3CCCC3)c2)c(C)s1. The van der Waals surface area contributed by atoms with Gasteiger partial charge in [-0.2, -0.15) is 4.31 Å². The topological polar surface area (TPSA) is 80.8 Å². The van der Waals surface area contributed by atoms with E-state index in [0.717, 1.165) is 22.6 Å². The number of ether oxygens (including phenoxy) is 1. The minimum Gasteiger partial charge on any atom is -0.454 e. The molecule has 0 N–H and O–H groups in total. The van der Waals surface area contributed by atoms with Gasteiger partial charge >= 0.3 is 5.97 Å². The van der Waals surface area contributed by atoms with Gasteiger partial charge in [0.2, 0.25) is 15.8 Å². The van der Waals surface area contributed by atoms with Gasteiger partial charge in [-0.3, -0.25) is 4.79 Å². The monoisotopic (exact) mass is 407 g/mol. The molecule has 2 heterocycles. The lowest BCUT2D eigenvalue weighted by molar-refractivity contribution is 0.0474. The number of carbonyl (C=O) groups excluding carboxylic acids is 2. The Morgan fingerprint density at radius 3 is 2.48 bits per heavy atom. The highest BCUT2D eigenvalue weighted by Crippen LogP contribution is 2.23. The van der Waals surface area contributed by atoms with Crippen LogP contribution in [0.4, 0.5) is 0 Å². The van der Waals surface area contributed by atoms with Crippen LogP contribution in [0.5, 0.6) is 0 Å². The van der Waals surface area contributed by atoms with Gasteiger partial charge in [0.25, 0.3) is 0 Å². The van der Waals surface area contributed by atoms with Crippen molar-refractivity contribution < 1.29 is 22.7 Å². The number of hydrogen-bond donors (Lipinski definition) is 0. The Kier molecular flexibility index (Phi) is 5.78. The maximum atomic E-state index is 12.6. The third kappa shape index (κ3) is 4.28. The van der Waals surface area contributed by atoms with Crippen LogP contribution in [0.2, 0.25) is 0 Å². The molecular formula is C19H21NO5S2. The van der Waals surface area contributed by atoms with E-state index in [1.54, 1.807) is 6.07 Å². The molecule has 1 aromatic heterocycles. The summed E-state index contributed by atoms with van der Waals surface area (Å²) >= 11 is 1.51. The first kappa shape index (κ1) is 19.7. The average Bonchev–Trinajstić information content (AvgIpc) is 3.29. The van der Waals surface area contributed by atoms with Gasteiger partial charge in [0, 0.05) is 28.4 Å². The number of aryl methyl sites for hydroxylation is 2. The predicted molar refractivity (Wildman–Crippen MR) is 103 cm³/mol. The largest absolute Gasteiger partial charge is 0.454 e. The minimum atomic E-state index is -3.61. The maximum Gasteiger partial charge on any atom is 0.338 e. The first-order valence-corrected chi connectivity index (χ1v) is 10.9. The first-order chi connectivity index (χ1) is 12.8. The maximum absolute atomic E-state index is 12.6. The predicted octanol–water partition coefficient (Wildman–Crippen LogP) is 3.19. The van der Waals surface area contributed by atoms with Crippen molar-refractivity contribution in [2.45, 2.75) is 31.6 Å². The lowest BCUT2D eigenvalue weighted by Gasteiger charge is -2.15. The molecule has 0 bridgehead atoms. The van der Waals surface area contributed by atoms with Gasteiger partial charge in [0.1, 0.15) is 0 Å². The molecule has 3 rings (SSSR count). The quantitative estimate of drug-likeness (QED) is 0.543. The van der Waals surface area contributed by atoms with Crippen molar-refractivity contribution in [2.24, 2.45) is 0 Å². The van der Waals surface area contributed by atoms with Gasteiger partial charge in [-0.15, -0.1) is 11.3 Å². The highest BCUT2D eigenvalue weighted by atomic mass is 32.2. The van der Waals surface area contributed by atoms with Crippen molar-refractivity contribution in [1.82, 2.24) is 4.31 Å². The van der Waals surface area contributed by atoms with Gasteiger partial charge < -0.3 is 4.74 Å². The second-order valence-corrected chi connectivity index (χ2v) is 9.86. The highest BCUT2D eigenvalue weighted by molar-refractivity contribution is 7.89. The second kappa shape index (κ2) is 7.92. The average molecular weight is 408 g/mol. The van der Waals surface area contributed by atoms with Crippen molar-refractivity contribution in [3.63, 3.8) is 0 Å². The smallest absolute Gasteiger partial charge is 0.338 e. The van der Waals surface area contributed by atoms with E-state index in [2.05, 4.69) is 0 Å². The molecule has 1 aliphatic heterocycles. The van der Waals surface area contributed by atoms with Crippen LogP contribution < -0.4 is 0 Å². The summed E-state index contributed by atoms with van der Waals surface area (Å²) in [5.74, 6) is -0.988. The summed E-state index contributed by atoms with van der Waals surface area (Å²) in [6.45, 7) is 4.36. The number of ketones is 1. The standard InChI is InChI=1S/C19H21NO5S2/c1-13-10-17(14(2)26-13)18(21)12-25-19(22)15-6-5-7-16(11-15)27(23,24)20-8-3-4-9-20/h5-7,10-11H,3-4,8-9,12H2,1-2H3. The zero-order chi connectivity index (χ0) is 19.6. The summed E-state index contributed by atoms with van der Waals surface area (Å²) in [6.07, 6.45) is 1.68. The van der Waals surface area contributed by atoms with E-state index in [1.807, 2.05) is 13.8 Å². The number of rotatable bonds is 6. The molecule has 0 unspecified atom stereocenters. The zero-order valence-corrected chi connectivity index (χ0v) is 16.9. The van der Waals surface area contributed by atoms with E-state index in [1.165, 1.54) is 39.9 Å². The van der Waals surface area contributed by atoms with Crippen molar-refractivity contribution >= 4 is 33.1 Å². The lowest BCUT2D eigenvalue weighted by Crippen LogP contribution is -2.28. The molecule has 1 saturated heterocycles. The van der Waals surface area contributed by atoms with E-state index in [4.69, 9.17) is 4.74 Å². The molecular weight excluding hydrogens is 386 g/mol. The number of hydrogen-bond acceptors (Lipinski definition) is 6. The molecule has 0 atom stereocenters. The molecule has 0 amide bonds. The number of esters is 1. The van der Waals surface area contributed by atoms with Crippen LogP contribution in [0, 0.1) is 13.8 Å². The lowest BCUT2D eigenvalue weighted by atomic mass is 10.2. The Morgan fingerprint density at radius 2 is 1.85 bits per heavy atom. The molecule has 144 valence electrons. The molecule has 27 heavy (non-hydrogen) atoms. The second-order valence-electron chi connectivity index (χ2n) is 6.47. The molecule has 1 aromatic carbocycles. The van der Waals surface area contributed by atoms with Crippen molar-refractivity contribution in [3.8, 4) is 0 Å². The Labute approximate surface area is 162 Å². The number of carbonyl (C=O) groups is 2. The summed E-state index contributed by atoms with van der Waals surface area (Å²) in [5, 5.41) is 0. The third-order valence-electron chi connectivity index (χ3n) is 4.45. The molecule has 0 radical (unpaired) electrons. The first-order valence-electron chi connectivity index (χ1n) is 8.66. The summed E-state index contributed by atoms with van der Waals surface area (Å²) in [6, 6.07) is 7.54. The summed E-state index contributed by atoms with van der Waals surface area (Å²) in [5.41, 5.74) is 0.664. The Hall–Kier alpha value is -2.03. The van der Waals surface area contributed by atoms with Gasteiger partial charge in [0.15, 0.2) is 6.61 Å². The molecule has 0 aliphatic carbocycles. The number of Topliss-reactive ketones (excluding diaryl/α,β-unsaturated/α-hetero) is 1. The number of thiophene rings is 1. The molecule has 6 nitrogen and oxygen atoms in total. The Balaban J connectivity index is 1.70. The third-order valence-corrected chi connectivity index (χ3v) is 7.31. The van der Waals surface area contributed by atoms with Crippen LogP contribution in [0.3, 0.4) is 0 Å². The van der Waals surface area contributed by atoms with Crippen LogP contribution in [-0.4, -0.2) is 44.2 Å². The van der Waals surface area contributed by atoms with Gasteiger partial charge in [-0.05, 0) is 51.0 Å². The van der Waals surface area contributed by atoms with Crippen molar-refractivity contribution in [1.29, 1.82) is 0 Å². The molecule has 2 aromatic rings. The summed E-state index contributed by atoms with van der Waals surface area (Å²) in [4.78, 5) is 26.5. The molecule has 8 heteroatoms. The fourth-order valence-electron chi connectivity index (χ4n) is 3.06. The highest BCUT2D eigenvalue weighted by Gasteiger charge is 2.27. The number of nitrogens with zero attached hydrogens (tertiary/aromatic N) is 1. The van der Waals surface area contributed by atoms with Crippen LogP contribution in [0.15, 0.2) is 35.2 Å².